The molecule has 0 unspecified atom stereocenters. The maximum atomic E-state index is 12.8. The van der Waals surface area contributed by atoms with E-state index < -0.39 is 0 Å². The Hall–Kier alpha value is -2.78. The van der Waals surface area contributed by atoms with Gasteiger partial charge in [-0.1, -0.05) is 11.8 Å². The highest BCUT2D eigenvalue weighted by Gasteiger charge is 2.20. The third-order valence-electron chi connectivity index (χ3n) is 5.01. The Labute approximate surface area is 185 Å². The summed E-state index contributed by atoms with van der Waals surface area (Å²) in [6, 6.07) is 7.40. The predicted molar refractivity (Wildman–Crippen MR) is 118 cm³/mol. The normalized spacial score (nSPS) is 12.1. The number of hydrogen-bond acceptors (Lipinski definition) is 8. The summed E-state index contributed by atoms with van der Waals surface area (Å²) in [4.78, 5) is 12.8. The summed E-state index contributed by atoms with van der Waals surface area (Å²) in [6.07, 6.45) is 0. The van der Waals surface area contributed by atoms with E-state index in [0.29, 0.717) is 40.3 Å². The minimum Gasteiger partial charge on any atom is -0.497 e. The zero-order valence-electron chi connectivity index (χ0n) is 18.6. The molecule has 3 rings (SSSR count). The van der Waals surface area contributed by atoms with Gasteiger partial charge < -0.3 is 23.2 Å². The van der Waals surface area contributed by atoms with Crippen LogP contribution in [0.15, 0.2) is 33.9 Å². The number of ketones is 1. The summed E-state index contributed by atoms with van der Waals surface area (Å²) in [7, 11) is 4.82. The molecule has 9 heteroatoms. The van der Waals surface area contributed by atoms with Crippen molar-refractivity contribution in [2.45, 2.75) is 32.0 Å². The van der Waals surface area contributed by atoms with Gasteiger partial charge in [-0.05, 0) is 39.0 Å². The maximum Gasteiger partial charge on any atom is 0.277 e. The molecule has 166 valence electrons. The Kier molecular flexibility index (Phi) is 7.40. The van der Waals surface area contributed by atoms with Gasteiger partial charge in [0.05, 0.1) is 38.2 Å². The fraction of sp³-hybridized carbons (Fsp3) is 0.409. The maximum absolute atomic E-state index is 12.8. The van der Waals surface area contributed by atoms with Crippen molar-refractivity contribution in [3.05, 3.63) is 41.2 Å². The van der Waals surface area contributed by atoms with E-state index in [1.54, 1.807) is 39.5 Å². The van der Waals surface area contributed by atoms with Crippen LogP contribution in [-0.2, 0) is 4.74 Å². The highest BCUT2D eigenvalue weighted by atomic mass is 32.2. The van der Waals surface area contributed by atoms with E-state index in [0.717, 1.165) is 11.4 Å². The highest BCUT2D eigenvalue weighted by molar-refractivity contribution is 7.99. The van der Waals surface area contributed by atoms with Gasteiger partial charge in [-0.25, -0.2) is 0 Å². The average Bonchev–Trinajstić information content (AvgIpc) is 3.35. The van der Waals surface area contributed by atoms with Crippen LogP contribution < -0.4 is 9.47 Å². The van der Waals surface area contributed by atoms with Gasteiger partial charge in [0.1, 0.15) is 11.5 Å². The summed E-state index contributed by atoms with van der Waals surface area (Å²) in [5.74, 6) is 1.76. The Morgan fingerprint density at radius 3 is 2.61 bits per heavy atom. The number of Topliss-reactive ketones (excluding diaryl/α,β-unsaturated/α-hetero) is 1. The molecule has 0 aliphatic heterocycles. The molecular formula is C22H27N3O5S. The Morgan fingerprint density at radius 2 is 1.94 bits per heavy atom. The lowest BCUT2D eigenvalue weighted by Crippen LogP contribution is -2.14. The fourth-order valence-electron chi connectivity index (χ4n) is 3.61. The van der Waals surface area contributed by atoms with Gasteiger partial charge in [0.15, 0.2) is 5.78 Å². The second-order valence-corrected chi connectivity index (χ2v) is 8.04. The first-order valence-electron chi connectivity index (χ1n) is 9.78. The zero-order valence-corrected chi connectivity index (χ0v) is 19.4. The lowest BCUT2D eigenvalue weighted by atomic mass is 10.2. The third-order valence-corrected chi connectivity index (χ3v) is 5.82. The van der Waals surface area contributed by atoms with Gasteiger partial charge in [0.25, 0.3) is 11.1 Å². The van der Waals surface area contributed by atoms with E-state index in [-0.39, 0.29) is 17.6 Å². The van der Waals surface area contributed by atoms with Crippen molar-refractivity contribution in [2.24, 2.45) is 0 Å². The molecule has 0 radical (unpaired) electrons. The van der Waals surface area contributed by atoms with Crippen molar-refractivity contribution in [1.82, 2.24) is 14.8 Å². The first kappa shape index (κ1) is 22.9. The summed E-state index contributed by atoms with van der Waals surface area (Å²) in [5, 5.41) is 8.47. The lowest BCUT2D eigenvalue weighted by Gasteiger charge is -2.17. The van der Waals surface area contributed by atoms with Gasteiger partial charge >= 0.3 is 0 Å². The number of ether oxygens (including phenoxy) is 3. The Morgan fingerprint density at radius 1 is 1.16 bits per heavy atom. The molecule has 3 aromatic rings. The van der Waals surface area contributed by atoms with Crippen LogP contribution in [0.3, 0.4) is 0 Å². The predicted octanol–water partition coefficient (Wildman–Crippen LogP) is 4.35. The number of methoxy groups -OCH3 is 3. The van der Waals surface area contributed by atoms with Crippen LogP contribution in [0.4, 0.5) is 0 Å². The summed E-state index contributed by atoms with van der Waals surface area (Å²) in [6.45, 7) is 6.60. The van der Waals surface area contributed by atoms with Crippen molar-refractivity contribution in [2.75, 3.05) is 33.7 Å². The number of benzene rings is 1. The molecule has 0 saturated heterocycles. The molecular weight excluding hydrogens is 418 g/mol. The van der Waals surface area contributed by atoms with E-state index in [4.69, 9.17) is 18.6 Å². The molecule has 0 N–H and O–H groups in total. The lowest BCUT2D eigenvalue weighted by molar-refractivity contribution is 0.102. The molecule has 1 aromatic carbocycles. The van der Waals surface area contributed by atoms with Crippen LogP contribution in [0.2, 0.25) is 0 Å². The summed E-state index contributed by atoms with van der Waals surface area (Å²) in [5.41, 5.74) is 3.32. The van der Waals surface area contributed by atoms with E-state index in [9.17, 15) is 4.79 Å². The van der Waals surface area contributed by atoms with Crippen LogP contribution in [0.25, 0.3) is 11.5 Å². The number of nitrogens with zero attached hydrogens (tertiary/aromatic N) is 3. The smallest absolute Gasteiger partial charge is 0.277 e. The molecule has 0 spiro atoms. The van der Waals surface area contributed by atoms with E-state index >= 15 is 0 Å². The molecule has 2 aromatic heterocycles. The van der Waals surface area contributed by atoms with E-state index in [1.807, 2.05) is 19.9 Å². The molecule has 0 aliphatic rings. The molecule has 0 aliphatic carbocycles. The minimum absolute atomic E-state index is 0.00995. The largest absolute Gasteiger partial charge is 0.497 e. The third kappa shape index (κ3) is 4.94. The molecule has 0 amide bonds. The molecule has 2 heterocycles. The zero-order chi connectivity index (χ0) is 22.5. The first-order valence-corrected chi connectivity index (χ1v) is 10.8. The van der Waals surface area contributed by atoms with E-state index in [1.165, 1.54) is 11.8 Å². The second-order valence-electron chi connectivity index (χ2n) is 7.11. The fourth-order valence-corrected chi connectivity index (χ4v) is 4.26. The van der Waals surface area contributed by atoms with Gasteiger partial charge in [-0.2, -0.15) is 0 Å². The number of thioether (sulfide) groups is 1. The van der Waals surface area contributed by atoms with Crippen LogP contribution in [0.5, 0.6) is 11.5 Å². The van der Waals surface area contributed by atoms with Crippen LogP contribution in [-0.4, -0.2) is 54.2 Å². The topological polar surface area (TPSA) is 88.6 Å². The van der Waals surface area contributed by atoms with Gasteiger partial charge in [0.2, 0.25) is 0 Å². The van der Waals surface area contributed by atoms with Gasteiger partial charge in [0, 0.05) is 30.1 Å². The highest BCUT2D eigenvalue weighted by Crippen LogP contribution is 2.34. The van der Waals surface area contributed by atoms with Crippen molar-refractivity contribution in [3.63, 3.8) is 0 Å². The van der Waals surface area contributed by atoms with Gasteiger partial charge in [-0.3, -0.25) is 4.79 Å². The number of aromatic nitrogens is 3. The molecule has 0 fully saturated rings. The SMILES string of the molecule is COC[C@@H](C)n1c(C)cc(C(=O)CSc2nnc(-c3ccc(OC)cc3OC)o2)c1C. The van der Waals surface area contributed by atoms with Crippen molar-refractivity contribution in [1.29, 1.82) is 0 Å². The van der Waals surface area contributed by atoms with Crippen molar-refractivity contribution in [3.8, 4) is 23.0 Å². The monoisotopic (exact) mass is 445 g/mol. The second kappa shape index (κ2) is 10.0. The number of carbonyl (C=O) groups excluding carboxylic acids is 1. The van der Waals surface area contributed by atoms with Crippen molar-refractivity contribution < 1.29 is 23.4 Å². The average molecular weight is 446 g/mol. The molecule has 1 atom stereocenters. The standard InChI is InChI=1S/C22H27N3O5S/c1-13-9-18(15(3)25(13)14(2)11-27-4)19(26)12-31-22-24-23-21(30-22)17-8-7-16(28-5)10-20(17)29-6/h7-10,14H,11-12H2,1-6H3/t14-/m1/s1. The van der Waals surface area contributed by atoms with Crippen molar-refractivity contribution >= 4 is 17.5 Å². The number of hydrogen-bond donors (Lipinski definition) is 0. The summed E-state index contributed by atoms with van der Waals surface area (Å²) < 4.78 is 23.7. The molecule has 0 saturated carbocycles. The number of rotatable bonds is 10. The van der Waals surface area contributed by atoms with Gasteiger partial charge in [-0.15, -0.1) is 10.2 Å². The number of carbonyl (C=O) groups is 1. The first-order chi connectivity index (χ1) is 14.9. The van der Waals surface area contributed by atoms with Crippen LogP contribution in [0, 0.1) is 13.8 Å². The van der Waals surface area contributed by atoms with Crippen LogP contribution >= 0.6 is 11.8 Å². The summed E-state index contributed by atoms with van der Waals surface area (Å²) >= 11 is 1.21. The molecule has 8 nitrogen and oxygen atoms in total. The number of aryl methyl sites for hydroxylation is 1. The quantitative estimate of drug-likeness (QED) is 0.336. The molecule has 31 heavy (non-hydrogen) atoms. The Bertz CT molecular complexity index is 1060. The minimum atomic E-state index is 0.00995. The molecule has 0 bridgehead atoms. The Balaban J connectivity index is 1.72. The van der Waals surface area contributed by atoms with E-state index in [2.05, 4.69) is 21.7 Å². The van der Waals surface area contributed by atoms with Crippen LogP contribution in [0.1, 0.15) is 34.7 Å².